The third kappa shape index (κ3) is 4.11. The lowest BCUT2D eigenvalue weighted by atomic mass is 9.70. The lowest BCUT2D eigenvalue weighted by molar-refractivity contribution is -0.140. The molecule has 1 unspecified atom stereocenters. The molecular formula is C25H29FN2O2. The summed E-state index contributed by atoms with van der Waals surface area (Å²) < 4.78 is 13.0. The Balaban J connectivity index is 1.33. The van der Waals surface area contributed by atoms with Gasteiger partial charge in [0.05, 0.1) is 5.41 Å². The van der Waals surface area contributed by atoms with E-state index in [1.54, 1.807) is 12.1 Å². The molecule has 30 heavy (non-hydrogen) atoms. The monoisotopic (exact) mass is 408 g/mol. The average molecular weight is 409 g/mol. The summed E-state index contributed by atoms with van der Waals surface area (Å²) in [6.45, 7) is 3.71. The molecule has 0 spiro atoms. The molecule has 2 amide bonds. The van der Waals surface area contributed by atoms with Gasteiger partial charge in [-0.2, -0.15) is 0 Å². The Bertz CT molecular complexity index is 919. The number of benzene rings is 2. The minimum Gasteiger partial charge on any atom is -0.352 e. The first-order chi connectivity index (χ1) is 14.5. The second-order valence-electron chi connectivity index (χ2n) is 8.75. The van der Waals surface area contributed by atoms with Crippen LogP contribution in [0.1, 0.15) is 49.3 Å². The Morgan fingerprint density at radius 1 is 1.10 bits per heavy atom. The summed E-state index contributed by atoms with van der Waals surface area (Å²) in [5.41, 5.74) is 2.86. The van der Waals surface area contributed by atoms with Crippen molar-refractivity contribution in [2.45, 2.75) is 51.0 Å². The molecule has 2 aromatic rings. The van der Waals surface area contributed by atoms with E-state index in [4.69, 9.17) is 0 Å². The highest BCUT2D eigenvalue weighted by Crippen LogP contribution is 2.39. The molecule has 0 saturated carbocycles. The molecule has 0 radical (unpaired) electrons. The smallest absolute Gasteiger partial charge is 0.232 e. The molecule has 2 aliphatic rings. The first-order valence-corrected chi connectivity index (χ1v) is 10.9. The number of nitrogens with zero attached hydrogens (tertiary/aromatic N) is 1. The highest BCUT2D eigenvalue weighted by Gasteiger charge is 2.42. The molecule has 5 heteroatoms. The van der Waals surface area contributed by atoms with Crippen LogP contribution in [-0.2, 0) is 28.0 Å². The van der Waals surface area contributed by atoms with E-state index in [-0.39, 0.29) is 23.5 Å². The zero-order chi connectivity index (χ0) is 21.1. The molecule has 1 aliphatic carbocycles. The van der Waals surface area contributed by atoms with Crippen LogP contribution in [0, 0.1) is 11.7 Å². The lowest BCUT2D eigenvalue weighted by Gasteiger charge is -2.41. The van der Waals surface area contributed by atoms with Crippen LogP contribution in [0.25, 0.3) is 0 Å². The quantitative estimate of drug-likeness (QED) is 0.832. The maximum Gasteiger partial charge on any atom is 0.232 e. The molecule has 0 aromatic heterocycles. The Labute approximate surface area is 177 Å². The van der Waals surface area contributed by atoms with Gasteiger partial charge in [-0.15, -0.1) is 0 Å². The largest absolute Gasteiger partial charge is 0.352 e. The number of fused-ring (bicyclic) bond motifs is 1. The van der Waals surface area contributed by atoms with Crippen molar-refractivity contribution in [2.75, 3.05) is 13.1 Å². The maximum absolute atomic E-state index is 13.4. The van der Waals surface area contributed by atoms with Crippen LogP contribution < -0.4 is 5.32 Å². The number of carbonyl (C=O) groups excluding carboxylic acids is 2. The van der Waals surface area contributed by atoms with Gasteiger partial charge < -0.3 is 10.2 Å². The predicted molar refractivity (Wildman–Crippen MR) is 114 cm³/mol. The van der Waals surface area contributed by atoms with Crippen LogP contribution in [-0.4, -0.2) is 29.8 Å². The maximum atomic E-state index is 13.4. The number of hydrogen-bond acceptors (Lipinski definition) is 2. The third-order valence-corrected chi connectivity index (χ3v) is 6.74. The number of hydrogen-bond donors (Lipinski definition) is 1. The molecule has 0 bridgehead atoms. The van der Waals surface area contributed by atoms with Gasteiger partial charge in [0.2, 0.25) is 11.8 Å². The molecular weight excluding hydrogens is 379 g/mol. The van der Waals surface area contributed by atoms with E-state index in [0.29, 0.717) is 32.5 Å². The topological polar surface area (TPSA) is 49.4 Å². The van der Waals surface area contributed by atoms with Crippen molar-refractivity contribution in [3.05, 3.63) is 71.0 Å². The summed E-state index contributed by atoms with van der Waals surface area (Å²) in [6, 6.07) is 14.5. The van der Waals surface area contributed by atoms with Gasteiger partial charge in [0.1, 0.15) is 5.82 Å². The number of amides is 2. The van der Waals surface area contributed by atoms with E-state index >= 15 is 0 Å². The van der Waals surface area contributed by atoms with Crippen molar-refractivity contribution in [1.82, 2.24) is 10.2 Å². The Morgan fingerprint density at radius 3 is 2.53 bits per heavy atom. The third-order valence-electron chi connectivity index (χ3n) is 6.74. The van der Waals surface area contributed by atoms with Gasteiger partial charge in [-0.25, -0.2) is 4.39 Å². The van der Waals surface area contributed by atoms with Crippen molar-refractivity contribution < 1.29 is 14.0 Å². The number of aryl methyl sites for hydroxylation is 1. The van der Waals surface area contributed by atoms with Gasteiger partial charge in [0.15, 0.2) is 0 Å². The molecule has 4 nitrogen and oxygen atoms in total. The molecule has 1 fully saturated rings. The van der Waals surface area contributed by atoms with Gasteiger partial charge in [-0.1, -0.05) is 36.4 Å². The van der Waals surface area contributed by atoms with Gasteiger partial charge in [0, 0.05) is 25.6 Å². The van der Waals surface area contributed by atoms with Crippen LogP contribution in [0.4, 0.5) is 4.39 Å². The van der Waals surface area contributed by atoms with Gasteiger partial charge >= 0.3 is 0 Å². The number of likely N-dealkylation sites (tertiary alicyclic amines) is 1. The highest BCUT2D eigenvalue weighted by atomic mass is 19.1. The van der Waals surface area contributed by atoms with E-state index in [1.165, 1.54) is 23.3 Å². The van der Waals surface area contributed by atoms with Crippen molar-refractivity contribution in [2.24, 2.45) is 5.92 Å². The van der Waals surface area contributed by atoms with E-state index < -0.39 is 5.41 Å². The number of carbonyl (C=O) groups is 2. The van der Waals surface area contributed by atoms with E-state index in [2.05, 4.69) is 24.4 Å². The molecule has 1 N–H and O–H groups in total. The van der Waals surface area contributed by atoms with Crippen molar-refractivity contribution >= 4 is 11.8 Å². The van der Waals surface area contributed by atoms with Crippen LogP contribution in [0.15, 0.2) is 48.5 Å². The van der Waals surface area contributed by atoms with E-state index in [9.17, 15) is 14.0 Å². The fraction of sp³-hybridized carbons (Fsp3) is 0.440. The number of piperidine rings is 1. The minimum absolute atomic E-state index is 0.0145. The van der Waals surface area contributed by atoms with Crippen LogP contribution in [0.3, 0.4) is 0 Å². The molecule has 158 valence electrons. The summed E-state index contributed by atoms with van der Waals surface area (Å²) >= 11 is 0. The van der Waals surface area contributed by atoms with Gasteiger partial charge in [-0.05, 0) is 67.9 Å². The predicted octanol–water partition coefficient (Wildman–Crippen LogP) is 3.97. The van der Waals surface area contributed by atoms with Crippen molar-refractivity contribution in [1.29, 1.82) is 0 Å². The molecule has 2 aromatic carbocycles. The van der Waals surface area contributed by atoms with Crippen LogP contribution in [0.5, 0.6) is 0 Å². The number of halogens is 1. The van der Waals surface area contributed by atoms with Crippen LogP contribution in [0.2, 0.25) is 0 Å². The summed E-state index contributed by atoms with van der Waals surface area (Å²) in [7, 11) is 0. The van der Waals surface area contributed by atoms with E-state index in [0.717, 1.165) is 24.8 Å². The highest BCUT2D eigenvalue weighted by molar-refractivity contribution is 5.89. The normalized spacial score (nSPS) is 21.7. The lowest BCUT2D eigenvalue weighted by Crippen LogP contribution is -2.50. The molecule has 1 aliphatic heterocycles. The van der Waals surface area contributed by atoms with Gasteiger partial charge in [-0.3, -0.25) is 9.59 Å². The number of nitrogens with one attached hydrogen (secondary N) is 1. The summed E-state index contributed by atoms with van der Waals surface area (Å²) in [5.74, 6) is -0.155. The van der Waals surface area contributed by atoms with Crippen LogP contribution >= 0.6 is 0 Å². The Kier molecular flexibility index (Phi) is 5.89. The summed E-state index contributed by atoms with van der Waals surface area (Å²) in [4.78, 5) is 28.0. The number of rotatable bonds is 4. The fourth-order valence-electron chi connectivity index (χ4n) is 4.90. The Morgan fingerprint density at radius 2 is 1.80 bits per heavy atom. The van der Waals surface area contributed by atoms with Crippen molar-refractivity contribution in [3.8, 4) is 0 Å². The Hall–Kier alpha value is -2.69. The second kappa shape index (κ2) is 8.58. The minimum atomic E-state index is -0.466. The standard InChI is InChI=1S/C25H29FN2O2/c1-25(14-4-6-19-5-2-3-7-22(19)25)24(30)28-15-12-20(13-16-28)23(29)27-17-18-8-10-21(26)11-9-18/h2-3,5,7-11,20H,4,6,12-17H2,1H3,(H,27,29). The first-order valence-electron chi connectivity index (χ1n) is 10.9. The zero-order valence-corrected chi connectivity index (χ0v) is 17.5. The van der Waals surface area contributed by atoms with Crippen molar-refractivity contribution in [3.63, 3.8) is 0 Å². The molecule has 4 rings (SSSR count). The van der Waals surface area contributed by atoms with E-state index in [1.807, 2.05) is 17.0 Å². The molecule has 1 saturated heterocycles. The summed E-state index contributed by atoms with van der Waals surface area (Å²) in [5, 5.41) is 2.95. The fourth-order valence-corrected chi connectivity index (χ4v) is 4.90. The second-order valence-corrected chi connectivity index (χ2v) is 8.75. The molecule has 1 heterocycles. The van der Waals surface area contributed by atoms with Gasteiger partial charge in [0.25, 0.3) is 0 Å². The average Bonchev–Trinajstić information content (AvgIpc) is 2.78. The zero-order valence-electron chi connectivity index (χ0n) is 17.5. The SMILES string of the molecule is CC1(C(=O)N2CCC(C(=O)NCc3ccc(F)cc3)CC2)CCCc2ccccc21. The summed E-state index contributed by atoms with van der Waals surface area (Å²) in [6.07, 6.45) is 4.30. The first kappa shape index (κ1) is 20.6. The molecule has 1 atom stereocenters.